The summed E-state index contributed by atoms with van der Waals surface area (Å²) in [4.78, 5) is 10.8. The minimum absolute atomic E-state index is 0.0251. The maximum atomic E-state index is 10.7. The summed E-state index contributed by atoms with van der Waals surface area (Å²) >= 11 is 0.979. The smallest absolute Gasteiger partial charge is 0.324 e. The van der Waals surface area contributed by atoms with Gasteiger partial charge < -0.3 is 10.2 Å². The molecular formula is C13H10N4O3S. The second-order valence-electron chi connectivity index (χ2n) is 4.23. The molecule has 3 aromatic rings. The SMILES string of the molecule is NC(c1ccccc1)c1nnc(-c2ccc([N+](=O)[O-])s2)o1. The molecule has 1 aromatic carbocycles. The molecule has 0 saturated carbocycles. The molecule has 2 aromatic heterocycles. The van der Waals surface area contributed by atoms with Crippen LogP contribution in [0, 0.1) is 10.1 Å². The zero-order valence-electron chi connectivity index (χ0n) is 10.7. The average molecular weight is 302 g/mol. The summed E-state index contributed by atoms with van der Waals surface area (Å²) in [6.07, 6.45) is 0. The van der Waals surface area contributed by atoms with Crippen LogP contribution in [0.25, 0.3) is 10.8 Å². The topological polar surface area (TPSA) is 108 Å². The number of hydrogen-bond donors (Lipinski definition) is 1. The molecule has 8 heteroatoms. The Morgan fingerprint density at radius 3 is 2.62 bits per heavy atom. The van der Waals surface area contributed by atoms with E-state index in [1.54, 1.807) is 6.07 Å². The van der Waals surface area contributed by atoms with E-state index in [4.69, 9.17) is 10.2 Å². The predicted octanol–water partition coefficient (Wildman–Crippen LogP) is 2.75. The molecule has 106 valence electrons. The highest BCUT2D eigenvalue weighted by Crippen LogP contribution is 2.32. The normalized spacial score (nSPS) is 12.2. The highest BCUT2D eigenvalue weighted by atomic mass is 32.1. The van der Waals surface area contributed by atoms with E-state index >= 15 is 0 Å². The van der Waals surface area contributed by atoms with E-state index in [-0.39, 0.29) is 16.8 Å². The zero-order chi connectivity index (χ0) is 14.8. The lowest BCUT2D eigenvalue weighted by molar-refractivity contribution is -0.380. The Bertz CT molecular complexity index is 769. The Morgan fingerprint density at radius 2 is 1.95 bits per heavy atom. The quantitative estimate of drug-likeness (QED) is 0.586. The number of aromatic nitrogens is 2. The molecular weight excluding hydrogens is 292 g/mol. The van der Waals surface area contributed by atoms with Crippen LogP contribution in [-0.2, 0) is 0 Å². The fraction of sp³-hybridized carbons (Fsp3) is 0.0769. The molecule has 7 nitrogen and oxygen atoms in total. The Labute approximate surface area is 123 Å². The van der Waals surface area contributed by atoms with E-state index in [0.717, 1.165) is 16.9 Å². The van der Waals surface area contributed by atoms with Crippen molar-refractivity contribution in [3.8, 4) is 10.8 Å². The number of hydrogen-bond acceptors (Lipinski definition) is 7. The molecule has 0 saturated heterocycles. The van der Waals surface area contributed by atoms with Crippen LogP contribution >= 0.6 is 11.3 Å². The lowest BCUT2D eigenvalue weighted by atomic mass is 10.1. The summed E-state index contributed by atoms with van der Waals surface area (Å²) in [5.41, 5.74) is 6.91. The Balaban J connectivity index is 1.87. The number of rotatable bonds is 4. The summed E-state index contributed by atoms with van der Waals surface area (Å²) in [5, 5.41) is 18.5. The van der Waals surface area contributed by atoms with E-state index in [1.807, 2.05) is 30.3 Å². The molecule has 0 radical (unpaired) electrons. The largest absolute Gasteiger partial charge is 0.418 e. The molecule has 1 unspecified atom stereocenters. The molecule has 0 aliphatic carbocycles. The summed E-state index contributed by atoms with van der Waals surface area (Å²) in [6.45, 7) is 0. The van der Waals surface area contributed by atoms with Crippen molar-refractivity contribution >= 4 is 16.3 Å². The number of thiophene rings is 1. The summed E-state index contributed by atoms with van der Waals surface area (Å²) in [5.74, 6) is 0.502. The zero-order valence-corrected chi connectivity index (χ0v) is 11.5. The third-order valence-electron chi connectivity index (χ3n) is 2.85. The monoisotopic (exact) mass is 302 g/mol. The van der Waals surface area contributed by atoms with E-state index in [1.165, 1.54) is 6.07 Å². The molecule has 0 aliphatic heterocycles. The van der Waals surface area contributed by atoms with Gasteiger partial charge in [0.25, 0.3) is 5.89 Å². The van der Waals surface area contributed by atoms with Crippen molar-refractivity contribution in [3.63, 3.8) is 0 Å². The second-order valence-corrected chi connectivity index (χ2v) is 5.29. The molecule has 0 fully saturated rings. The van der Waals surface area contributed by atoms with Gasteiger partial charge in [0.05, 0.1) is 9.80 Å². The van der Waals surface area contributed by atoms with Crippen LogP contribution in [0.3, 0.4) is 0 Å². The first kappa shape index (κ1) is 13.4. The van der Waals surface area contributed by atoms with Gasteiger partial charge in [-0.3, -0.25) is 10.1 Å². The van der Waals surface area contributed by atoms with E-state index in [2.05, 4.69) is 10.2 Å². The van der Waals surface area contributed by atoms with Crippen molar-refractivity contribution < 1.29 is 9.34 Å². The van der Waals surface area contributed by atoms with Crippen molar-refractivity contribution in [3.05, 3.63) is 64.0 Å². The minimum Gasteiger partial charge on any atom is -0.418 e. The van der Waals surface area contributed by atoms with Crippen LogP contribution in [0.5, 0.6) is 0 Å². The summed E-state index contributed by atoms with van der Waals surface area (Å²) < 4.78 is 5.52. The molecule has 1 atom stereocenters. The fourth-order valence-corrected chi connectivity index (χ4v) is 2.55. The van der Waals surface area contributed by atoms with Crippen molar-refractivity contribution in [2.45, 2.75) is 6.04 Å². The van der Waals surface area contributed by atoms with E-state index < -0.39 is 11.0 Å². The molecule has 0 bridgehead atoms. The molecule has 0 amide bonds. The van der Waals surface area contributed by atoms with Gasteiger partial charge in [-0.15, -0.1) is 10.2 Å². The lowest BCUT2D eigenvalue weighted by Gasteiger charge is -2.05. The van der Waals surface area contributed by atoms with Crippen LogP contribution in [0.2, 0.25) is 0 Å². The minimum atomic E-state index is -0.526. The van der Waals surface area contributed by atoms with E-state index in [9.17, 15) is 10.1 Å². The molecule has 0 spiro atoms. The van der Waals surface area contributed by atoms with Crippen molar-refractivity contribution in [1.82, 2.24) is 10.2 Å². The molecule has 0 aliphatic rings. The summed E-state index contributed by atoms with van der Waals surface area (Å²) in [6, 6.07) is 11.8. The Kier molecular flexibility index (Phi) is 3.46. The van der Waals surface area contributed by atoms with Gasteiger partial charge in [-0.25, -0.2) is 0 Å². The van der Waals surface area contributed by atoms with Gasteiger partial charge in [0, 0.05) is 6.07 Å². The maximum Gasteiger partial charge on any atom is 0.324 e. The Morgan fingerprint density at radius 1 is 1.19 bits per heavy atom. The Hall–Kier alpha value is -2.58. The van der Waals surface area contributed by atoms with Crippen LogP contribution in [0.1, 0.15) is 17.5 Å². The van der Waals surface area contributed by atoms with Gasteiger partial charge in [0.15, 0.2) is 0 Å². The van der Waals surface area contributed by atoms with Crippen LogP contribution in [0.15, 0.2) is 46.9 Å². The number of benzene rings is 1. The van der Waals surface area contributed by atoms with Crippen molar-refractivity contribution in [2.24, 2.45) is 5.73 Å². The average Bonchev–Trinajstić information content (AvgIpc) is 3.16. The number of nitro groups is 1. The molecule has 2 heterocycles. The first-order valence-corrected chi connectivity index (χ1v) is 6.85. The number of nitrogens with zero attached hydrogens (tertiary/aromatic N) is 3. The van der Waals surface area contributed by atoms with E-state index in [0.29, 0.717) is 4.88 Å². The predicted molar refractivity (Wildman–Crippen MR) is 76.7 cm³/mol. The highest BCUT2D eigenvalue weighted by molar-refractivity contribution is 7.18. The van der Waals surface area contributed by atoms with Gasteiger partial charge in [-0.1, -0.05) is 41.7 Å². The van der Waals surface area contributed by atoms with Crippen LogP contribution in [0.4, 0.5) is 5.00 Å². The van der Waals surface area contributed by atoms with Gasteiger partial charge in [-0.05, 0) is 11.6 Å². The lowest BCUT2D eigenvalue weighted by Crippen LogP contribution is -2.11. The first-order valence-electron chi connectivity index (χ1n) is 6.03. The second kappa shape index (κ2) is 5.43. The van der Waals surface area contributed by atoms with Crippen LogP contribution < -0.4 is 5.73 Å². The van der Waals surface area contributed by atoms with Crippen molar-refractivity contribution in [2.75, 3.05) is 0 Å². The molecule has 21 heavy (non-hydrogen) atoms. The van der Waals surface area contributed by atoms with Crippen molar-refractivity contribution in [1.29, 1.82) is 0 Å². The third kappa shape index (κ3) is 2.67. The fourth-order valence-electron chi connectivity index (χ4n) is 1.80. The van der Waals surface area contributed by atoms with Gasteiger partial charge >= 0.3 is 5.00 Å². The molecule has 2 N–H and O–H groups in total. The van der Waals surface area contributed by atoms with Crippen LogP contribution in [-0.4, -0.2) is 15.1 Å². The van der Waals surface area contributed by atoms with Gasteiger partial charge in [0.1, 0.15) is 6.04 Å². The van der Waals surface area contributed by atoms with Gasteiger partial charge in [-0.2, -0.15) is 0 Å². The third-order valence-corrected chi connectivity index (χ3v) is 3.87. The van der Waals surface area contributed by atoms with Gasteiger partial charge in [0.2, 0.25) is 5.89 Å². The number of nitrogens with two attached hydrogens (primary N) is 1. The highest BCUT2D eigenvalue weighted by Gasteiger charge is 2.19. The summed E-state index contributed by atoms with van der Waals surface area (Å²) in [7, 11) is 0. The molecule has 3 rings (SSSR count). The standard InChI is InChI=1S/C13H10N4O3S/c14-11(8-4-2-1-3-5-8)13-16-15-12(20-13)9-6-7-10(21-9)17(18)19/h1-7,11H,14H2. The maximum absolute atomic E-state index is 10.7. The first-order chi connectivity index (χ1) is 10.1.